The van der Waals surface area contributed by atoms with Gasteiger partial charge >= 0.3 is 6.09 Å². The Labute approximate surface area is 189 Å². The first kappa shape index (κ1) is 24.4. The van der Waals surface area contributed by atoms with Crippen molar-refractivity contribution in [3.63, 3.8) is 0 Å². The molecule has 0 bridgehead atoms. The minimum absolute atomic E-state index is 0.0940. The third-order valence-electron chi connectivity index (χ3n) is 5.61. The first-order valence-corrected chi connectivity index (χ1v) is 12.5. The zero-order valence-electron chi connectivity index (χ0n) is 18.9. The highest BCUT2D eigenvalue weighted by Gasteiger charge is 2.31. The van der Waals surface area contributed by atoms with Crippen LogP contribution in [0.1, 0.15) is 63.2 Å². The molecule has 2 saturated heterocycles. The molecule has 0 atom stereocenters. The molecule has 2 amide bonds. The lowest BCUT2D eigenvalue weighted by atomic mass is 10.0. The Balaban J connectivity index is 1.63. The Bertz CT molecular complexity index is 947. The first-order valence-electron chi connectivity index (χ1n) is 11.1. The second kappa shape index (κ2) is 9.74. The summed E-state index contributed by atoms with van der Waals surface area (Å²) < 4.78 is 46.8. The maximum absolute atomic E-state index is 14.4. The molecule has 1 N–H and O–H groups in total. The Morgan fingerprint density at radius 1 is 1.06 bits per heavy atom. The summed E-state index contributed by atoms with van der Waals surface area (Å²) in [6.45, 7) is 7.01. The van der Waals surface area contributed by atoms with Crippen molar-refractivity contribution in [2.24, 2.45) is 0 Å². The average Bonchev–Trinajstić information content (AvgIpc) is 2.73. The van der Waals surface area contributed by atoms with Gasteiger partial charge in [0.1, 0.15) is 16.3 Å². The topological polar surface area (TPSA) is 96.0 Å². The Hall–Kier alpha value is -2.20. The van der Waals surface area contributed by atoms with E-state index < -0.39 is 32.2 Å². The molecular weight excluding hydrogens is 437 g/mol. The van der Waals surface area contributed by atoms with Crippen LogP contribution in [0.25, 0.3) is 0 Å². The zero-order chi connectivity index (χ0) is 23.5. The zero-order valence-corrected chi connectivity index (χ0v) is 19.7. The maximum atomic E-state index is 14.4. The van der Waals surface area contributed by atoms with E-state index in [-0.39, 0.29) is 17.7 Å². The fourth-order valence-corrected chi connectivity index (χ4v) is 5.50. The molecule has 10 heteroatoms. The molecule has 8 nitrogen and oxygen atoms in total. The summed E-state index contributed by atoms with van der Waals surface area (Å²) >= 11 is 0. The second-order valence-electron chi connectivity index (χ2n) is 9.33. The highest BCUT2D eigenvalue weighted by molar-refractivity contribution is 7.89. The molecule has 1 aromatic carbocycles. The van der Waals surface area contributed by atoms with Crippen LogP contribution in [0.15, 0.2) is 23.1 Å². The minimum atomic E-state index is -3.99. The normalized spacial score (nSPS) is 18.9. The number of nitrogens with one attached hydrogen (secondary N) is 1. The minimum Gasteiger partial charge on any atom is -0.444 e. The molecule has 178 valence electrons. The molecule has 2 heterocycles. The predicted octanol–water partition coefficient (Wildman–Crippen LogP) is 3.13. The van der Waals surface area contributed by atoms with Gasteiger partial charge in [-0.05, 0) is 64.7 Å². The lowest BCUT2D eigenvalue weighted by Crippen LogP contribution is -2.47. The third-order valence-corrected chi connectivity index (χ3v) is 7.52. The molecular formula is C22H32FN3O5S. The number of amides is 2. The van der Waals surface area contributed by atoms with Crippen molar-refractivity contribution >= 4 is 22.0 Å². The number of likely N-dealkylation sites (tertiary alicyclic amines) is 1. The van der Waals surface area contributed by atoms with Crippen molar-refractivity contribution in [1.29, 1.82) is 0 Å². The van der Waals surface area contributed by atoms with Gasteiger partial charge in [-0.25, -0.2) is 17.6 Å². The average molecular weight is 470 g/mol. The lowest BCUT2D eigenvalue weighted by Gasteiger charge is -2.33. The summed E-state index contributed by atoms with van der Waals surface area (Å²) in [4.78, 5) is 26.1. The molecule has 0 saturated carbocycles. The van der Waals surface area contributed by atoms with Gasteiger partial charge in [-0.1, -0.05) is 6.42 Å². The first-order chi connectivity index (χ1) is 15.0. The number of hydrogen-bond acceptors (Lipinski definition) is 5. The van der Waals surface area contributed by atoms with E-state index in [4.69, 9.17) is 4.74 Å². The Kier molecular flexibility index (Phi) is 7.44. The van der Waals surface area contributed by atoms with Crippen molar-refractivity contribution in [1.82, 2.24) is 14.5 Å². The van der Waals surface area contributed by atoms with E-state index in [0.29, 0.717) is 39.0 Å². The fourth-order valence-electron chi connectivity index (χ4n) is 3.89. The van der Waals surface area contributed by atoms with E-state index in [1.165, 1.54) is 10.4 Å². The number of halogens is 1. The van der Waals surface area contributed by atoms with Crippen molar-refractivity contribution in [3.8, 4) is 0 Å². The largest absolute Gasteiger partial charge is 0.444 e. The van der Waals surface area contributed by atoms with Crippen molar-refractivity contribution < 1.29 is 27.1 Å². The molecule has 0 unspecified atom stereocenters. The van der Waals surface area contributed by atoms with Gasteiger partial charge in [0.15, 0.2) is 0 Å². The van der Waals surface area contributed by atoms with E-state index in [9.17, 15) is 22.4 Å². The van der Waals surface area contributed by atoms with Crippen LogP contribution < -0.4 is 5.32 Å². The van der Waals surface area contributed by atoms with Crippen molar-refractivity contribution in [3.05, 3.63) is 29.6 Å². The lowest BCUT2D eigenvalue weighted by molar-refractivity contribution is 0.0199. The van der Waals surface area contributed by atoms with Gasteiger partial charge in [-0.2, -0.15) is 4.31 Å². The van der Waals surface area contributed by atoms with Gasteiger partial charge in [-0.15, -0.1) is 0 Å². The highest BCUT2D eigenvalue weighted by Crippen LogP contribution is 2.24. The highest BCUT2D eigenvalue weighted by atomic mass is 32.2. The number of carbonyl (C=O) groups excluding carboxylic acids is 2. The quantitative estimate of drug-likeness (QED) is 0.731. The van der Waals surface area contributed by atoms with Crippen LogP contribution >= 0.6 is 0 Å². The number of hydrogen-bond donors (Lipinski definition) is 1. The van der Waals surface area contributed by atoms with Gasteiger partial charge in [0.05, 0.1) is 0 Å². The fraction of sp³-hybridized carbons (Fsp3) is 0.636. The molecule has 1 aromatic rings. The summed E-state index contributed by atoms with van der Waals surface area (Å²) in [5, 5.41) is 2.87. The molecule has 0 aliphatic carbocycles. The van der Waals surface area contributed by atoms with Crippen LogP contribution in [0.5, 0.6) is 0 Å². The summed E-state index contributed by atoms with van der Waals surface area (Å²) in [5.74, 6) is -1.33. The second-order valence-corrected chi connectivity index (χ2v) is 11.2. The van der Waals surface area contributed by atoms with Crippen molar-refractivity contribution in [2.75, 3.05) is 26.2 Å². The van der Waals surface area contributed by atoms with E-state index in [0.717, 1.165) is 31.4 Å². The molecule has 3 rings (SSSR count). The molecule has 0 aromatic heterocycles. The van der Waals surface area contributed by atoms with Crippen molar-refractivity contribution in [2.45, 2.75) is 69.4 Å². The standard InChI is InChI=1S/C22H32FN3O5S/c1-22(2,3)31-21(28)25-13-9-17(10-14-25)24-20(27)16-7-8-18(23)19(15-16)32(29,30)26-11-5-4-6-12-26/h7-8,15,17H,4-6,9-14H2,1-3H3,(H,24,27). The monoisotopic (exact) mass is 469 g/mol. The summed E-state index contributed by atoms with van der Waals surface area (Å²) in [7, 11) is -3.99. The van der Waals surface area contributed by atoms with Gasteiger partial charge in [-0.3, -0.25) is 4.79 Å². The van der Waals surface area contributed by atoms with E-state index in [1.807, 2.05) is 0 Å². The number of rotatable bonds is 4. The summed E-state index contributed by atoms with van der Waals surface area (Å²) in [5.41, 5.74) is -0.478. The number of carbonyl (C=O) groups is 2. The van der Waals surface area contributed by atoms with E-state index >= 15 is 0 Å². The smallest absolute Gasteiger partial charge is 0.410 e. The molecule has 32 heavy (non-hydrogen) atoms. The van der Waals surface area contributed by atoms with Gasteiger partial charge in [0, 0.05) is 37.8 Å². The van der Waals surface area contributed by atoms with Crippen LogP contribution in [0, 0.1) is 5.82 Å². The molecule has 2 aliphatic heterocycles. The van der Waals surface area contributed by atoms with Gasteiger partial charge in [0.2, 0.25) is 10.0 Å². The van der Waals surface area contributed by atoms with E-state index in [1.54, 1.807) is 25.7 Å². The number of sulfonamides is 1. The summed E-state index contributed by atoms with van der Waals surface area (Å²) in [6, 6.07) is 3.25. The van der Waals surface area contributed by atoms with E-state index in [2.05, 4.69) is 5.32 Å². The molecule has 2 fully saturated rings. The Morgan fingerprint density at radius 2 is 1.69 bits per heavy atom. The summed E-state index contributed by atoms with van der Waals surface area (Å²) in [6.07, 6.45) is 3.14. The predicted molar refractivity (Wildman–Crippen MR) is 117 cm³/mol. The molecule has 0 spiro atoms. The van der Waals surface area contributed by atoms with Crippen LogP contribution in [-0.4, -0.2) is 67.4 Å². The number of nitrogens with zero attached hydrogens (tertiary/aromatic N) is 2. The van der Waals surface area contributed by atoms with Crippen LogP contribution in [0.4, 0.5) is 9.18 Å². The number of piperidine rings is 2. The number of ether oxygens (including phenoxy) is 1. The SMILES string of the molecule is CC(C)(C)OC(=O)N1CCC(NC(=O)c2ccc(F)c(S(=O)(=O)N3CCCCC3)c2)CC1. The van der Waals surface area contributed by atoms with Gasteiger partial charge < -0.3 is 15.0 Å². The van der Waals surface area contributed by atoms with Crippen LogP contribution in [0.2, 0.25) is 0 Å². The molecule has 0 radical (unpaired) electrons. The third kappa shape index (κ3) is 5.98. The van der Waals surface area contributed by atoms with Gasteiger partial charge in [0.25, 0.3) is 5.91 Å². The van der Waals surface area contributed by atoms with Crippen LogP contribution in [-0.2, 0) is 14.8 Å². The maximum Gasteiger partial charge on any atom is 0.410 e. The molecule has 2 aliphatic rings. The van der Waals surface area contributed by atoms with Crippen LogP contribution in [0.3, 0.4) is 0 Å². The Morgan fingerprint density at radius 3 is 2.28 bits per heavy atom. The number of benzene rings is 1.